The molecule has 0 saturated carbocycles. The van der Waals surface area contributed by atoms with E-state index >= 15 is 0 Å². The highest BCUT2D eigenvalue weighted by atomic mass is 32.2. The van der Waals surface area contributed by atoms with Crippen molar-refractivity contribution in [1.82, 2.24) is 10.3 Å². The van der Waals surface area contributed by atoms with E-state index in [0.717, 1.165) is 23.3 Å². The molecular weight excluding hydrogens is 274 g/mol. The van der Waals surface area contributed by atoms with Gasteiger partial charge in [-0.15, -0.1) is 11.8 Å². The fraction of sp³-hybridized carbons (Fsp3) is 0.357. The van der Waals surface area contributed by atoms with Gasteiger partial charge in [0.2, 0.25) is 0 Å². The van der Waals surface area contributed by atoms with Gasteiger partial charge in [-0.3, -0.25) is 9.59 Å². The Hall–Kier alpha value is -1.82. The molecule has 1 saturated heterocycles. The number of benzene rings is 1. The summed E-state index contributed by atoms with van der Waals surface area (Å²) in [4.78, 5) is 26.0. The van der Waals surface area contributed by atoms with Crippen LogP contribution < -0.4 is 5.43 Å². The monoisotopic (exact) mass is 291 g/mol. The van der Waals surface area contributed by atoms with Gasteiger partial charge in [-0.05, 0) is 36.8 Å². The smallest absolute Gasteiger partial charge is 0.329 e. The van der Waals surface area contributed by atoms with Gasteiger partial charge in [0.15, 0.2) is 0 Å². The summed E-state index contributed by atoms with van der Waals surface area (Å²) < 4.78 is 0. The number of likely N-dealkylation sites (tertiary alicyclic amines) is 1. The molecule has 0 aromatic heterocycles. The highest BCUT2D eigenvalue weighted by Crippen LogP contribution is 2.13. The fourth-order valence-corrected chi connectivity index (χ4v) is 2.38. The quantitative estimate of drug-likeness (QED) is 0.397. The van der Waals surface area contributed by atoms with E-state index in [0.29, 0.717) is 13.1 Å². The molecule has 5 nitrogen and oxygen atoms in total. The number of hydrogen-bond acceptors (Lipinski definition) is 4. The summed E-state index contributed by atoms with van der Waals surface area (Å²) in [6.45, 7) is 1.32. The molecular formula is C14H17N3O2S. The molecule has 20 heavy (non-hydrogen) atoms. The van der Waals surface area contributed by atoms with E-state index < -0.39 is 11.8 Å². The lowest BCUT2D eigenvalue weighted by molar-refractivity contribution is -0.145. The summed E-state index contributed by atoms with van der Waals surface area (Å²) in [7, 11) is 0. The topological polar surface area (TPSA) is 61.8 Å². The molecule has 6 heteroatoms. The first kappa shape index (κ1) is 14.6. The first-order chi connectivity index (χ1) is 9.70. The zero-order valence-electron chi connectivity index (χ0n) is 11.3. The van der Waals surface area contributed by atoms with Gasteiger partial charge in [0.25, 0.3) is 0 Å². The van der Waals surface area contributed by atoms with Crippen LogP contribution in [-0.2, 0) is 9.59 Å². The van der Waals surface area contributed by atoms with Crippen LogP contribution in [0.3, 0.4) is 0 Å². The minimum absolute atomic E-state index is 0.502. The minimum atomic E-state index is -0.677. The molecule has 0 bridgehead atoms. The van der Waals surface area contributed by atoms with Crippen LogP contribution in [-0.4, -0.2) is 42.3 Å². The molecule has 2 amide bonds. The Morgan fingerprint density at radius 2 is 1.90 bits per heavy atom. The number of hydrazone groups is 1. The second kappa shape index (κ2) is 7.09. The Bertz CT molecular complexity index is 508. The van der Waals surface area contributed by atoms with Gasteiger partial charge in [0.05, 0.1) is 6.21 Å². The van der Waals surface area contributed by atoms with Crippen molar-refractivity contribution in [3.8, 4) is 0 Å². The summed E-state index contributed by atoms with van der Waals surface area (Å²) in [6.07, 6.45) is 5.46. The number of amides is 2. The lowest BCUT2D eigenvalue weighted by atomic mass is 10.2. The van der Waals surface area contributed by atoms with Crippen molar-refractivity contribution in [2.45, 2.75) is 17.7 Å². The molecule has 1 fully saturated rings. The first-order valence-electron chi connectivity index (χ1n) is 6.47. The highest BCUT2D eigenvalue weighted by Gasteiger charge is 2.23. The van der Waals surface area contributed by atoms with Gasteiger partial charge in [0.1, 0.15) is 0 Å². The molecule has 1 aliphatic heterocycles. The average molecular weight is 291 g/mol. The Kier molecular flexibility index (Phi) is 5.17. The Balaban J connectivity index is 1.85. The van der Waals surface area contributed by atoms with Gasteiger partial charge in [-0.2, -0.15) is 5.10 Å². The Labute approximate surface area is 122 Å². The SMILES string of the molecule is CSc1ccc(/C=N\NC(=O)C(=O)N2CCCC2)cc1. The zero-order valence-corrected chi connectivity index (χ0v) is 12.2. The van der Waals surface area contributed by atoms with E-state index in [2.05, 4.69) is 10.5 Å². The number of carbonyl (C=O) groups excluding carboxylic acids is 2. The highest BCUT2D eigenvalue weighted by molar-refractivity contribution is 7.98. The van der Waals surface area contributed by atoms with E-state index in [1.54, 1.807) is 16.7 Å². The van der Waals surface area contributed by atoms with E-state index in [1.807, 2.05) is 30.5 Å². The lowest BCUT2D eigenvalue weighted by Gasteiger charge is -2.12. The van der Waals surface area contributed by atoms with E-state index in [9.17, 15) is 9.59 Å². The third kappa shape index (κ3) is 3.84. The molecule has 1 aromatic rings. The van der Waals surface area contributed by atoms with Crippen molar-refractivity contribution in [3.63, 3.8) is 0 Å². The summed E-state index contributed by atoms with van der Waals surface area (Å²) >= 11 is 1.66. The molecule has 1 aromatic carbocycles. The maximum atomic E-state index is 11.7. The van der Waals surface area contributed by atoms with Crippen LogP contribution in [0.15, 0.2) is 34.3 Å². The van der Waals surface area contributed by atoms with Gasteiger partial charge < -0.3 is 4.90 Å². The Morgan fingerprint density at radius 1 is 1.25 bits per heavy atom. The minimum Gasteiger partial charge on any atom is -0.334 e. The molecule has 0 radical (unpaired) electrons. The van der Waals surface area contributed by atoms with Crippen molar-refractivity contribution in [2.24, 2.45) is 5.10 Å². The summed E-state index contributed by atoms with van der Waals surface area (Å²) in [5.41, 5.74) is 3.14. The van der Waals surface area contributed by atoms with Gasteiger partial charge in [-0.25, -0.2) is 5.43 Å². The first-order valence-corrected chi connectivity index (χ1v) is 7.69. The molecule has 106 valence electrons. The maximum absolute atomic E-state index is 11.7. The Morgan fingerprint density at radius 3 is 2.50 bits per heavy atom. The lowest BCUT2D eigenvalue weighted by Crippen LogP contribution is -2.39. The standard InChI is InChI=1S/C14H17N3O2S/c1-20-12-6-4-11(5-7-12)10-15-16-13(18)14(19)17-8-2-3-9-17/h4-7,10H,2-3,8-9H2,1H3,(H,16,18)/b15-10-. The normalized spacial score (nSPS) is 14.8. The van der Waals surface area contributed by atoms with E-state index in [-0.39, 0.29) is 0 Å². The fourth-order valence-electron chi connectivity index (χ4n) is 1.97. The molecule has 0 atom stereocenters. The van der Waals surface area contributed by atoms with Crippen LogP contribution in [0.5, 0.6) is 0 Å². The van der Waals surface area contributed by atoms with Crippen LogP contribution in [0.2, 0.25) is 0 Å². The predicted molar refractivity (Wildman–Crippen MR) is 79.8 cm³/mol. The number of nitrogens with one attached hydrogen (secondary N) is 1. The van der Waals surface area contributed by atoms with Gasteiger partial charge in [-0.1, -0.05) is 12.1 Å². The van der Waals surface area contributed by atoms with E-state index in [1.165, 1.54) is 6.21 Å². The zero-order chi connectivity index (χ0) is 14.4. The molecule has 0 unspecified atom stereocenters. The van der Waals surface area contributed by atoms with Crippen molar-refractivity contribution >= 4 is 29.8 Å². The molecule has 0 aliphatic carbocycles. The van der Waals surface area contributed by atoms with Crippen LogP contribution in [0.1, 0.15) is 18.4 Å². The van der Waals surface area contributed by atoms with Crippen molar-refractivity contribution in [1.29, 1.82) is 0 Å². The summed E-state index contributed by atoms with van der Waals surface area (Å²) in [6, 6.07) is 7.76. The van der Waals surface area contributed by atoms with Crippen LogP contribution in [0.4, 0.5) is 0 Å². The van der Waals surface area contributed by atoms with Crippen LogP contribution >= 0.6 is 11.8 Å². The average Bonchev–Trinajstić information content (AvgIpc) is 3.01. The van der Waals surface area contributed by atoms with Crippen molar-refractivity contribution in [2.75, 3.05) is 19.3 Å². The van der Waals surface area contributed by atoms with Crippen molar-refractivity contribution < 1.29 is 9.59 Å². The third-order valence-electron chi connectivity index (χ3n) is 3.08. The molecule has 1 N–H and O–H groups in total. The largest absolute Gasteiger partial charge is 0.334 e. The molecule has 2 rings (SSSR count). The number of nitrogens with zero attached hydrogens (tertiary/aromatic N) is 2. The van der Waals surface area contributed by atoms with Crippen LogP contribution in [0.25, 0.3) is 0 Å². The van der Waals surface area contributed by atoms with Crippen LogP contribution in [0, 0.1) is 0 Å². The third-order valence-corrected chi connectivity index (χ3v) is 3.83. The number of thioether (sulfide) groups is 1. The van der Waals surface area contributed by atoms with Crippen molar-refractivity contribution in [3.05, 3.63) is 29.8 Å². The number of carbonyl (C=O) groups is 2. The predicted octanol–water partition coefficient (Wildman–Crippen LogP) is 1.48. The van der Waals surface area contributed by atoms with Gasteiger partial charge >= 0.3 is 11.8 Å². The number of hydrogen-bond donors (Lipinski definition) is 1. The molecule has 1 aliphatic rings. The molecule has 1 heterocycles. The second-order valence-electron chi connectivity index (χ2n) is 4.47. The number of rotatable bonds is 3. The van der Waals surface area contributed by atoms with E-state index in [4.69, 9.17) is 0 Å². The summed E-state index contributed by atoms with van der Waals surface area (Å²) in [5.74, 6) is -1.18. The maximum Gasteiger partial charge on any atom is 0.329 e. The second-order valence-corrected chi connectivity index (χ2v) is 5.35. The van der Waals surface area contributed by atoms with Gasteiger partial charge in [0, 0.05) is 18.0 Å². The summed E-state index contributed by atoms with van der Waals surface area (Å²) in [5, 5.41) is 3.81. The molecule has 0 spiro atoms.